The Balaban J connectivity index is 2.08. The number of fused-ring (bicyclic) bond motifs is 1. The lowest BCUT2D eigenvalue weighted by Gasteiger charge is -2.24. The highest BCUT2D eigenvalue weighted by atomic mass is 32.1. The number of benzene rings is 1. The molecule has 2 aromatic rings. The van der Waals surface area contributed by atoms with Gasteiger partial charge in [0.1, 0.15) is 6.04 Å². The average molecular weight is 247 g/mol. The summed E-state index contributed by atoms with van der Waals surface area (Å²) < 4.78 is 1.20. The molecule has 3 rings (SSSR count). The van der Waals surface area contributed by atoms with Gasteiger partial charge in [0.15, 0.2) is 0 Å². The lowest BCUT2D eigenvalue weighted by molar-refractivity contribution is -0.138. The molecule has 1 unspecified atom stereocenters. The van der Waals surface area contributed by atoms with Crippen LogP contribution in [0.1, 0.15) is 12.8 Å². The maximum absolute atomic E-state index is 11.2. The summed E-state index contributed by atoms with van der Waals surface area (Å²) in [6.45, 7) is 0.841. The van der Waals surface area contributed by atoms with E-state index in [2.05, 4.69) is 17.5 Å². The van der Waals surface area contributed by atoms with Crippen molar-refractivity contribution < 1.29 is 9.90 Å². The minimum absolute atomic E-state index is 0.359. The number of rotatable bonds is 2. The van der Waals surface area contributed by atoms with Crippen molar-refractivity contribution in [3.05, 3.63) is 29.6 Å². The molecular formula is C13H13NO2S. The van der Waals surface area contributed by atoms with Gasteiger partial charge in [-0.2, -0.15) is 0 Å². The molecule has 0 radical (unpaired) electrons. The van der Waals surface area contributed by atoms with Gasteiger partial charge in [0.25, 0.3) is 0 Å². The highest BCUT2D eigenvalue weighted by molar-refractivity contribution is 7.17. The zero-order chi connectivity index (χ0) is 11.8. The van der Waals surface area contributed by atoms with E-state index in [1.165, 1.54) is 10.1 Å². The third-order valence-electron chi connectivity index (χ3n) is 3.31. The van der Waals surface area contributed by atoms with E-state index in [1.807, 2.05) is 17.0 Å². The van der Waals surface area contributed by atoms with Crippen LogP contribution in [0.25, 0.3) is 10.1 Å². The van der Waals surface area contributed by atoms with Crippen molar-refractivity contribution in [2.24, 2.45) is 0 Å². The van der Waals surface area contributed by atoms with Gasteiger partial charge in [-0.25, -0.2) is 4.79 Å². The normalized spacial score (nSPS) is 20.0. The molecule has 0 amide bonds. The lowest BCUT2D eigenvalue weighted by Crippen LogP contribution is -2.35. The van der Waals surface area contributed by atoms with Gasteiger partial charge in [0.05, 0.1) is 10.4 Å². The van der Waals surface area contributed by atoms with Crippen molar-refractivity contribution in [1.29, 1.82) is 0 Å². The molecule has 3 nitrogen and oxygen atoms in total. The van der Waals surface area contributed by atoms with E-state index in [4.69, 9.17) is 0 Å². The van der Waals surface area contributed by atoms with Crippen LogP contribution in [0.4, 0.5) is 5.69 Å². The number of anilines is 1. The summed E-state index contributed by atoms with van der Waals surface area (Å²) in [4.78, 5) is 13.3. The molecule has 1 saturated heterocycles. The van der Waals surface area contributed by atoms with Crippen LogP contribution in [0.15, 0.2) is 29.6 Å². The number of thiophene rings is 1. The molecule has 1 atom stereocenters. The van der Waals surface area contributed by atoms with E-state index in [0.717, 1.165) is 25.1 Å². The number of hydrogen-bond donors (Lipinski definition) is 1. The first-order chi connectivity index (χ1) is 8.27. The van der Waals surface area contributed by atoms with E-state index in [0.29, 0.717) is 0 Å². The van der Waals surface area contributed by atoms with Gasteiger partial charge in [-0.05, 0) is 35.7 Å². The number of carboxylic acids is 1. The Morgan fingerprint density at radius 3 is 3.12 bits per heavy atom. The molecule has 1 aliphatic heterocycles. The van der Waals surface area contributed by atoms with Crippen LogP contribution in [-0.2, 0) is 4.79 Å². The number of aliphatic carboxylic acids is 1. The van der Waals surface area contributed by atoms with Gasteiger partial charge in [-0.3, -0.25) is 0 Å². The predicted molar refractivity (Wildman–Crippen MR) is 69.8 cm³/mol. The van der Waals surface area contributed by atoms with Crippen LogP contribution in [0.5, 0.6) is 0 Å². The summed E-state index contributed by atoms with van der Waals surface area (Å²) in [6, 6.07) is 7.82. The van der Waals surface area contributed by atoms with Crippen molar-refractivity contribution >= 4 is 33.1 Å². The van der Waals surface area contributed by atoms with Gasteiger partial charge in [0, 0.05) is 6.54 Å². The molecule has 4 heteroatoms. The van der Waals surface area contributed by atoms with Crippen molar-refractivity contribution in [3.8, 4) is 0 Å². The molecule has 1 aromatic heterocycles. The third-order valence-corrected chi connectivity index (χ3v) is 4.26. The first kappa shape index (κ1) is 10.6. The summed E-state index contributed by atoms with van der Waals surface area (Å²) in [5.74, 6) is -0.712. The third kappa shape index (κ3) is 1.69. The largest absolute Gasteiger partial charge is 0.480 e. The van der Waals surface area contributed by atoms with Gasteiger partial charge in [-0.1, -0.05) is 12.1 Å². The van der Waals surface area contributed by atoms with Crippen molar-refractivity contribution in [2.45, 2.75) is 18.9 Å². The second-order valence-electron chi connectivity index (χ2n) is 4.31. The van der Waals surface area contributed by atoms with Crippen LogP contribution in [0, 0.1) is 0 Å². The SMILES string of the molecule is O=C(O)C1CCCN1c1cccc2ccsc12. The van der Waals surface area contributed by atoms with Crippen LogP contribution in [0.3, 0.4) is 0 Å². The number of nitrogens with zero attached hydrogens (tertiary/aromatic N) is 1. The minimum Gasteiger partial charge on any atom is -0.480 e. The quantitative estimate of drug-likeness (QED) is 0.887. The Bertz CT molecular complexity index is 563. The Morgan fingerprint density at radius 2 is 2.29 bits per heavy atom. The molecular weight excluding hydrogens is 234 g/mol. The van der Waals surface area contributed by atoms with E-state index >= 15 is 0 Å². The predicted octanol–water partition coefficient (Wildman–Crippen LogP) is 2.95. The molecule has 0 aliphatic carbocycles. The maximum atomic E-state index is 11.2. The van der Waals surface area contributed by atoms with Gasteiger partial charge < -0.3 is 10.0 Å². The summed E-state index contributed by atoms with van der Waals surface area (Å²) >= 11 is 1.68. The van der Waals surface area contributed by atoms with E-state index in [1.54, 1.807) is 11.3 Å². The Hall–Kier alpha value is -1.55. The maximum Gasteiger partial charge on any atom is 0.326 e. The highest BCUT2D eigenvalue weighted by Crippen LogP contribution is 2.35. The molecule has 2 heterocycles. The zero-order valence-corrected chi connectivity index (χ0v) is 10.1. The topological polar surface area (TPSA) is 40.5 Å². The molecule has 88 valence electrons. The minimum atomic E-state index is -0.712. The first-order valence-corrected chi connectivity index (χ1v) is 6.61. The van der Waals surface area contributed by atoms with Crippen LogP contribution < -0.4 is 4.90 Å². The van der Waals surface area contributed by atoms with E-state index < -0.39 is 5.97 Å². The molecule has 1 fully saturated rings. The molecule has 1 aromatic carbocycles. The van der Waals surface area contributed by atoms with Crippen molar-refractivity contribution in [3.63, 3.8) is 0 Å². The Morgan fingerprint density at radius 1 is 1.41 bits per heavy atom. The first-order valence-electron chi connectivity index (χ1n) is 5.73. The van der Waals surface area contributed by atoms with Crippen LogP contribution in [0.2, 0.25) is 0 Å². The fourth-order valence-electron chi connectivity index (χ4n) is 2.52. The fourth-order valence-corrected chi connectivity index (χ4v) is 3.44. The highest BCUT2D eigenvalue weighted by Gasteiger charge is 2.31. The van der Waals surface area contributed by atoms with E-state index in [-0.39, 0.29) is 6.04 Å². The fraction of sp³-hybridized carbons (Fsp3) is 0.308. The Labute approximate surface area is 103 Å². The molecule has 0 saturated carbocycles. The van der Waals surface area contributed by atoms with Gasteiger partial charge >= 0.3 is 5.97 Å². The molecule has 0 bridgehead atoms. The Kier molecular flexibility index (Phi) is 2.52. The molecule has 1 N–H and O–H groups in total. The number of carboxylic acid groups (broad SMARTS) is 1. The van der Waals surface area contributed by atoms with E-state index in [9.17, 15) is 9.90 Å². The summed E-state index contributed by atoms with van der Waals surface area (Å²) in [6.07, 6.45) is 1.70. The summed E-state index contributed by atoms with van der Waals surface area (Å²) in [5.41, 5.74) is 1.07. The second-order valence-corrected chi connectivity index (χ2v) is 5.22. The van der Waals surface area contributed by atoms with Crippen LogP contribution >= 0.6 is 11.3 Å². The van der Waals surface area contributed by atoms with Gasteiger partial charge in [0.2, 0.25) is 0 Å². The average Bonchev–Trinajstić information content (AvgIpc) is 2.97. The van der Waals surface area contributed by atoms with Gasteiger partial charge in [-0.15, -0.1) is 11.3 Å². The number of carbonyl (C=O) groups is 1. The summed E-state index contributed by atoms with van der Waals surface area (Å²) in [5, 5.41) is 12.5. The lowest BCUT2D eigenvalue weighted by atomic mass is 10.2. The molecule has 1 aliphatic rings. The van der Waals surface area contributed by atoms with Crippen molar-refractivity contribution in [2.75, 3.05) is 11.4 Å². The smallest absolute Gasteiger partial charge is 0.326 e. The number of hydrogen-bond acceptors (Lipinski definition) is 3. The van der Waals surface area contributed by atoms with Crippen LogP contribution in [-0.4, -0.2) is 23.7 Å². The van der Waals surface area contributed by atoms with Crippen molar-refractivity contribution in [1.82, 2.24) is 0 Å². The second kappa shape index (κ2) is 4.04. The molecule has 0 spiro atoms. The summed E-state index contributed by atoms with van der Waals surface area (Å²) in [7, 11) is 0. The molecule has 17 heavy (non-hydrogen) atoms. The standard InChI is InChI=1S/C13H13NO2S/c15-13(16)11-5-2-7-14(11)10-4-1-3-9-6-8-17-12(9)10/h1,3-4,6,8,11H,2,5,7H2,(H,15,16). The zero-order valence-electron chi connectivity index (χ0n) is 9.30. The monoisotopic (exact) mass is 247 g/mol.